The SMILES string of the molecule is CC(C)(C)C1CC=C(c2cc(N3CCOCC3)ccc2N2CCN(CC3CCCC3)CC2)CC1.Cl. The van der Waals surface area contributed by atoms with Crippen molar-refractivity contribution in [3.63, 3.8) is 0 Å². The van der Waals surface area contributed by atoms with E-state index < -0.39 is 0 Å². The second kappa shape index (κ2) is 11.9. The van der Waals surface area contributed by atoms with Gasteiger partial charge in [-0.05, 0) is 73.1 Å². The van der Waals surface area contributed by atoms with E-state index in [2.05, 4.69) is 59.7 Å². The fourth-order valence-electron chi connectivity index (χ4n) is 6.67. The lowest BCUT2D eigenvalue weighted by Crippen LogP contribution is -2.48. The van der Waals surface area contributed by atoms with Crippen molar-refractivity contribution in [2.24, 2.45) is 17.3 Å². The molecule has 2 aliphatic heterocycles. The summed E-state index contributed by atoms with van der Waals surface area (Å²) in [6.45, 7) is 17.0. The summed E-state index contributed by atoms with van der Waals surface area (Å²) >= 11 is 0. The van der Waals surface area contributed by atoms with Gasteiger partial charge in [0, 0.05) is 62.8 Å². The quantitative estimate of drug-likeness (QED) is 0.459. The van der Waals surface area contributed by atoms with Gasteiger partial charge in [-0.2, -0.15) is 0 Å². The van der Waals surface area contributed by atoms with Crippen LogP contribution in [0.25, 0.3) is 5.57 Å². The monoisotopic (exact) mass is 501 g/mol. The van der Waals surface area contributed by atoms with Crippen LogP contribution < -0.4 is 9.80 Å². The molecule has 2 aliphatic carbocycles. The minimum atomic E-state index is 0. The summed E-state index contributed by atoms with van der Waals surface area (Å²) < 4.78 is 5.62. The third-order valence-corrected chi connectivity index (χ3v) is 9.04. The predicted octanol–water partition coefficient (Wildman–Crippen LogP) is 6.49. The maximum absolute atomic E-state index is 5.62. The van der Waals surface area contributed by atoms with Gasteiger partial charge in [0.25, 0.3) is 0 Å². The van der Waals surface area contributed by atoms with E-state index in [0.29, 0.717) is 5.41 Å². The highest BCUT2D eigenvalue weighted by molar-refractivity contribution is 5.85. The predicted molar refractivity (Wildman–Crippen MR) is 152 cm³/mol. The number of anilines is 2. The Morgan fingerprint density at radius 1 is 0.886 bits per heavy atom. The van der Waals surface area contributed by atoms with E-state index in [9.17, 15) is 0 Å². The molecular formula is C30H48ClN3O. The fourth-order valence-corrected chi connectivity index (χ4v) is 6.67. The van der Waals surface area contributed by atoms with Crippen molar-refractivity contribution < 1.29 is 4.74 Å². The molecule has 1 atom stereocenters. The molecule has 35 heavy (non-hydrogen) atoms. The highest BCUT2D eigenvalue weighted by Crippen LogP contribution is 2.42. The van der Waals surface area contributed by atoms with Gasteiger partial charge in [0.2, 0.25) is 0 Å². The molecule has 1 aromatic rings. The van der Waals surface area contributed by atoms with E-state index in [4.69, 9.17) is 4.74 Å². The van der Waals surface area contributed by atoms with Gasteiger partial charge in [0.15, 0.2) is 0 Å². The molecule has 0 amide bonds. The third-order valence-electron chi connectivity index (χ3n) is 9.04. The molecular weight excluding hydrogens is 454 g/mol. The molecule has 0 radical (unpaired) electrons. The average molecular weight is 502 g/mol. The maximum Gasteiger partial charge on any atom is 0.0642 e. The van der Waals surface area contributed by atoms with Gasteiger partial charge in [0.05, 0.1) is 13.2 Å². The summed E-state index contributed by atoms with van der Waals surface area (Å²) in [6, 6.07) is 7.31. The Hall–Kier alpha value is -1.23. The smallest absolute Gasteiger partial charge is 0.0642 e. The summed E-state index contributed by atoms with van der Waals surface area (Å²) in [4.78, 5) is 7.93. The first-order valence-corrected chi connectivity index (χ1v) is 14.1. The van der Waals surface area contributed by atoms with Crippen LogP contribution in [0.1, 0.15) is 71.3 Å². The third kappa shape index (κ3) is 6.56. The number of piperazine rings is 1. The number of halogens is 1. The lowest BCUT2D eigenvalue weighted by atomic mass is 9.72. The summed E-state index contributed by atoms with van der Waals surface area (Å²) in [5.41, 5.74) is 6.33. The van der Waals surface area contributed by atoms with Crippen LogP contribution in [0.5, 0.6) is 0 Å². The van der Waals surface area contributed by atoms with E-state index in [0.717, 1.165) is 51.2 Å². The summed E-state index contributed by atoms with van der Waals surface area (Å²) in [6.07, 6.45) is 12.1. The second-order valence-corrected chi connectivity index (χ2v) is 12.3. The zero-order valence-corrected chi connectivity index (χ0v) is 23.3. The minimum absolute atomic E-state index is 0. The molecule has 196 valence electrons. The van der Waals surface area contributed by atoms with Gasteiger partial charge in [-0.3, -0.25) is 4.90 Å². The second-order valence-electron chi connectivity index (χ2n) is 12.3. The highest BCUT2D eigenvalue weighted by atomic mass is 35.5. The molecule has 0 N–H and O–H groups in total. The van der Waals surface area contributed by atoms with E-state index in [1.54, 1.807) is 5.57 Å². The first kappa shape index (κ1) is 26.8. The summed E-state index contributed by atoms with van der Waals surface area (Å²) in [7, 11) is 0. The fraction of sp³-hybridized carbons (Fsp3) is 0.733. The molecule has 2 heterocycles. The van der Waals surface area contributed by atoms with Crippen LogP contribution in [0, 0.1) is 17.3 Å². The molecule has 4 nitrogen and oxygen atoms in total. The molecule has 4 aliphatic rings. The van der Waals surface area contributed by atoms with Gasteiger partial charge in [-0.15, -0.1) is 12.4 Å². The van der Waals surface area contributed by atoms with Crippen LogP contribution in [0.3, 0.4) is 0 Å². The van der Waals surface area contributed by atoms with Gasteiger partial charge in [-0.1, -0.05) is 39.7 Å². The topological polar surface area (TPSA) is 19.0 Å². The molecule has 1 aromatic carbocycles. The normalized spacial score (nSPS) is 24.9. The Morgan fingerprint density at radius 3 is 2.23 bits per heavy atom. The number of hydrogen-bond acceptors (Lipinski definition) is 4. The van der Waals surface area contributed by atoms with Crippen LogP contribution in [-0.4, -0.2) is 63.9 Å². The molecule has 1 unspecified atom stereocenters. The number of allylic oxidation sites excluding steroid dienone is 2. The van der Waals surface area contributed by atoms with E-state index in [1.165, 1.54) is 81.5 Å². The summed E-state index contributed by atoms with van der Waals surface area (Å²) in [5, 5.41) is 0. The number of benzene rings is 1. The van der Waals surface area contributed by atoms with Crippen molar-refractivity contribution in [1.29, 1.82) is 0 Å². The molecule has 5 rings (SSSR count). The highest BCUT2D eigenvalue weighted by Gasteiger charge is 2.29. The van der Waals surface area contributed by atoms with Gasteiger partial charge in [-0.25, -0.2) is 0 Å². The van der Waals surface area contributed by atoms with Gasteiger partial charge < -0.3 is 14.5 Å². The van der Waals surface area contributed by atoms with E-state index >= 15 is 0 Å². The Balaban J connectivity index is 0.00000289. The molecule has 5 heteroatoms. The first-order valence-electron chi connectivity index (χ1n) is 14.1. The van der Waals surface area contributed by atoms with Crippen molar-refractivity contribution in [3.05, 3.63) is 29.8 Å². The maximum atomic E-state index is 5.62. The van der Waals surface area contributed by atoms with Crippen LogP contribution in [-0.2, 0) is 4.74 Å². The number of nitrogens with zero attached hydrogens (tertiary/aromatic N) is 3. The summed E-state index contributed by atoms with van der Waals surface area (Å²) in [5.74, 6) is 1.75. The Bertz CT molecular complexity index is 844. The Labute approximate surface area is 220 Å². The largest absolute Gasteiger partial charge is 0.378 e. The van der Waals surface area contributed by atoms with Crippen molar-refractivity contribution in [2.75, 3.05) is 68.8 Å². The number of morpholine rings is 1. The van der Waals surface area contributed by atoms with Crippen LogP contribution in [0.15, 0.2) is 24.3 Å². The lowest BCUT2D eigenvalue weighted by molar-refractivity contribution is 0.122. The van der Waals surface area contributed by atoms with Crippen LogP contribution in [0.2, 0.25) is 0 Å². The molecule has 1 saturated carbocycles. The standard InChI is InChI=1S/C30H47N3O.ClH/c1-30(2,3)26-10-8-25(9-11-26)28-22-27(32-18-20-34-21-19-32)12-13-29(28)33-16-14-31(15-17-33)23-24-6-4-5-7-24;/h8,12-13,22,24,26H,4-7,9-11,14-21,23H2,1-3H3;1H. The van der Waals surface area contributed by atoms with Gasteiger partial charge in [0.1, 0.15) is 0 Å². The molecule has 0 aromatic heterocycles. The van der Waals surface area contributed by atoms with E-state index in [-0.39, 0.29) is 12.4 Å². The molecule has 0 spiro atoms. The molecule has 2 saturated heterocycles. The Morgan fingerprint density at radius 2 is 1.60 bits per heavy atom. The number of hydrogen-bond donors (Lipinski definition) is 0. The van der Waals surface area contributed by atoms with Crippen molar-refractivity contribution in [1.82, 2.24) is 4.90 Å². The van der Waals surface area contributed by atoms with E-state index in [1.807, 2.05) is 0 Å². The zero-order chi connectivity index (χ0) is 23.5. The van der Waals surface area contributed by atoms with Crippen molar-refractivity contribution >= 4 is 29.4 Å². The molecule has 3 fully saturated rings. The van der Waals surface area contributed by atoms with Crippen LogP contribution in [0.4, 0.5) is 11.4 Å². The lowest BCUT2D eigenvalue weighted by Gasteiger charge is -2.39. The Kier molecular flexibility index (Phi) is 9.10. The number of rotatable bonds is 5. The zero-order valence-electron chi connectivity index (χ0n) is 22.4. The molecule has 0 bridgehead atoms. The first-order chi connectivity index (χ1) is 16.5. The van der Waals surface area contributed by atoms with Crippen LogP contribution >= 0.6 is 12.4 Å². The van der Waals surface area contributed by atoms with Crippen molar-refractivity contribution in [3.8, 4) is 0 Å². The number of ether oxygens (including phenoxy) is 1. The minimum Gasteiger partial charge on any atom is -0.378 e. The average Bonchev–Trinajstić information content (AvgIpc) is 3.37. The van der Waals surface area contributed by atoms with Gasteiger partial charge >= 0.3 is 0 Å². The van der Waals surface area contributed by atoms with Crippen molar-refractivity contribution in [2.45, 2.75) is 65.7 Å².